The molecule has 0 saturated heterocycles. The van der Waals surface area contributed by atoms with Gasteiger partial charge in [-0.2, -0.15) is 0 Å². The lowest BCUT2D eigenvalue weighted by Crippen LogP contribution is -1.98. The average molecular weight is 401 g/mol. The summed E-state index contributed by atoms with van der Waals surface area (Å²) in [4.78, 5) is 17.6. The average Bonchev–Trinajstić information content (AvgIpc) is 2.77. The number of phenolic OH excluding ortho intramolecular Hbond substituents is 1. The highest BCUT2D eigenvalue weighted by molar-refractivity contribution is 5.92. The van der Waals surface area contributed by atoms with Crippen molar-refractivity contribution in [1.82, 2.24) is 9.97 Å². The summed E-state index contributed by atoms with van der Waals surface area (Å²) in [6, 6.07) is 15.7. The Morgan fingerprint density at radius 1 is 0.833 bits per heavy atom. The minimum atomic E-state index is 0.211. The zero-order valence-electron chi connectivity index (χ0n) is 17.6. The number of aromatic nitrogens is 2. The topological polar surface area (TPSA) is 70.7 Å². The quantitative estimate of drug-likeness (QED) is 0.532. The molecule has 0 fully saturated rings. The van der Waals surface area contributed by atoms with E-state index in [-0.39, 0.29) is 5.75 Å². The van der Waals surface area contributed by atoms with Crippen molar-refractivity contribution >= 4 is 12.4 Å². The van der Waals surface area contributed by atoms with Gasteiger partial charge in [-0.25, -0.2) is 0 Å². The van der Waals surface area contributed by atoms with E-state index < -0.39 is 0 Å². The number of benzene rings is 1. The van der Waals surface area contributed by atoms with Crippen LogP contribution in [0.2, 0.25) is 0 Å². The van der Waals surface area contributed by atoms with Crippen molar-refractivity contribution in [2.45, 2.75) is 32.6 Å². The van der Waals surface area contributed by atoms with Gasteiger partial charge in [0.2, 0.25) is 0 Å². The third-order valence-electron chi connectivity index (χ3n) is 4.77. The maximum atomic E-state index is 10.7. The molecule has 154 valence electrons. The van der Waals surface area contributed by atoms with E-state index in [1.54, 1.807) is 24.8 Å². The van der Waals surface area contributed by atoms with E-state index in [1.165, 1.54) is 0 Å². The first-order chi connectivity index (χ1) is 14.6. The summed E-state index contributed by atoms with van der Waals surface area (Å²) in [6.07, 6.45) is 8.60. The summed E-state index contributed by atoms with van der Waals surface area (Å²) in [5.74, 6) is 0.550. The summed E-state index contributed by atoms with van der Waals surface area (Å²) >= 11 is 0. The van der Waals surface area contributed by atoms with Crippen LogP contribution >= 0.6 is 0 Å². The molecule has 30 heavy (non-hydrogen) atoms. The Kier molecular flexibility index (Phi) is 7.84. The number of phenols is 1. The van der Waals surface area contributed by atoms with Crippen molar-refractivity contribution in [1.29, 1.82) is 0 Å². The predicted molar refractivity (Wildman–Crippen MR) is 123 cm³/mol. The molecule has 0 aliphatic rings. The number of hydrogen-bond acceptors (Lipinski definition) is 5. The SMILES string of the molecule is CC(C)c1cc(C=NCCc2ccccn2)c(O)c(C=NCCc2ccccn2)c1. The van der Waals surface area contributed by atoms with Gasteiger partial charge in [0.25, 0.3) is 0 Å². The number of aliphatic imine (C=N–C) groups is 2. The van der Waals surface area contributed by atoms with E-state index in [1.807, 2.05) is 48.5 Å². The monoisotopic (exact) mass is 400 g/mol. The smallest absolute Gasteiger partial charge is 0.133 e. The van der Waals surface area contributed by atoms with E-state index in [0.29, 0.717) is 30.1 Å². The first-order valence-electron chi connectivity index (χ1n) is 10.3. The van der Waals surface area contributed by atoms with Crippen LogP contribution < -0.4 is 0 Å². The number of aromatic hydroxyl groups is 1. The van der Waals surface area contributed by atoms with Gasteiger partial charge in [0, 0.05) is 73.3 Å². The van der Waals surface area contributed by atoms with Gasteiger partial charge in [-0.15, -0.1) is 0 Å². The standard InChI is InChI=1S/C25H28N4O/c1-19(2)20-15-21(17-26-13-9-23-7-3-5-11-28-23)25(30)22(16-20)18-27-14-10-24-8-4-6-12-29-24/h3-8,11-12,15-19,30H,9-10,13-14H2,1-2H3. The Labute approximate surface area is 178 Å². The van der Waals surface area contributed by atoms with Crippen molar-refractivity contribution in [3.8, 4) is 5.75 Å². The lowest BCUT2D eigenvalue weighted by molar-refractivity contribution is 0.473. The van der Waals surface area contributed by atoms with Crippen molar-refractivity contribution in [3.63, 3.8) is 0 Å². The minimum Gasteiger partial charge on any atom is -0.507 e. The first-order valence-corrected chi connectivity index (χ1v) is 10.3. The van der Waals surface area contributed by atoms with Gasteiger partial charge < -0.3 is 5.11 Å². The lowest BCUT2D eigenvalue weighted by atomic mass is 9.97. The summed E-state index contributed by atoms with van der Waals surface area (Å²) < 4.78 is 0. The molecule has 0 aliphatic heterocycles. The van der Waals surface area contributed by atoms with Gasteiger partial charge in [-0.1, -0.05) is 26.0 Å². The number of pyridine rings is 2. The molecule has 2 aromatic heterocycles. The Morgan fingerprint density at radius 3 is 1.73 bits per heavy atom. The highest BCUT2D eigenvalue weighted by atomic mass is 16.3. The van der Waals surface area contributed by atoms with Gasteiger partial charge in [0.05, 0.1) is 0 Å². The van der Waals surface area contributed by atoms with Crippen LogP contribution in [0.5, 0.6) is 5.75 Å². The van der Waals surface area contributed by atoms with Crippen LogP contribution in [0.15, 0.2) is 70.9 Å². The molecule has 0 unspecified atom stereocenters. The van der Waals surface area contributed by atoms with Gasteiger partial charge in [-0.05, 0) is 47.9 Å². The zero-order valence-corrected chi connectivity index (χ0v) is 17.6. The second-order valence-corrected chi connectivity index (χ2v) is 7.42. The normalized spacial score (nSPS) is 11.7. The third kappa shape index (κ3) is 6.34. The molecule has 0 atom stereocenters. The van der Waals surface area contributed by atoms with E-state index in [4.69, 9.17) is 0 Å². The van der Waals surface area contributed by atoms with E-state index in [9.17, 15) is 5.11 Å². The molecule has 1 aromatic carbocycles. The van der Waals surface area contributed by atoms with E-state index >= 15 is 0 Å². The fourth-order valence-electron chi connectivity index (χ4n) is 3.01. The Morgan fingerprint density at radius 2 is 1.33 bits per heavy atom. The molecule has 3 rings (SSSR count). The maximum absolute atomic E-state index is 10.7. The van der Waals surface area contributed by atoms with Crippen LogP contribution in [0.3, 0.4) is 0 Å². The molecule has 5 heteroatoms. The van der Waals surface area contributed by atoms with Crippen molar-refractivity contribution < 1.29 is 5.11 Å². The van der Waals surface area contributed by atoms with Gasteiger partial charge >= 0.3 is 0 Å². The van der Waals surface area contributed by atoms with Crippen LogP contribution in [0.1, 0.15) is 47.8 Å². The second kappa shape index (κ2) is 11.0. The summed E-state index contributed by atoms with van der Waals surface area (Å²) in [6.45, 7) is 5.51. The minimum absolute atomic E-state index is 0.211. The lowest BCUT2D eigenvalue weighted by Gasteiger charge is -2.11. The zero-order chi connectivity index (χ0) is 21.2. The molecule has 0 aliphatic carbocycles. The van der Waals surface area contributed by atoms with Crippen LogP contribution in [0.25, 0.3) is 0 Å². The summed E-state index contributed by atoms with van der Waals surface area (Å²) in [7, 11) is 0. The molecule has 0 bridgehead atoms. The fraction of sp³-hybridized carbons (Fsp3) is 0.280. The molecule has 0 amide bonds. The van der Waals surface area contributed by atoms with E-state index in [2.05, 4.69) is 33.8 Å². The number of nitrogens with zero attached hydrogens (tertiary/aromatic N) is 4. The molecular weight excluding hydrogens is 372 g/mol. The Bertz CT molecular complexity index is 908. The second-order valence-electron chi connectivity index (χ2n) is 7.42. The van der Waals surface area contributed by atoms with E-state index in [0.717, 1.165) is 29.8 Å². The van der Waals surface area contributed by atoms with Gasteiger partial charge in [0.15, 0.2) is 0 Å². The highest BCUT2D eigenvalue weighted by Crippen LogP contribution is 2.26. The third-order valence-corrected chi connectivity index (χ3v) is 4.77. The summed E-state index contributed by atoms with van der Waals surface area (Å²) in [5.41, 5.74) is 4.60. The molecule has 0 spiro atoms. The van der Waals surface area contributed by atoms with Gasteiger partial charge in [-0.3, -0.25) is 20.0 Å². The fourth-order valence-corrected chi connectivity index (χ4v) is 3.01. The number of rotatable bonds is 9. The Hall–Kier alpha value is -3.34. The molecule has 0 saturated carbocycles. The van der Waals surface area contributed by atoms with Crippen molar-refractivity contribution in [2.75, 3.05) is 13.1 Å². The summed E-state index contributed by atoms with van der Waals surface area (Å²) in [5, 5.41) is 10.7. The van der Waals surface area contributed by atoms with Crippen molar-refractivity contribution in [3.05, 3.63) is 89.0 Å². The molecular formula is C25H28N4O. The van der Waals surface area contributed by atoms with Crippen LogP contribution in [-0.4, -0.2) is 40.6 Å². The highest BCUT2D eigenvalue weighted by Gasteiger charge is 2.09. The molecule has 3 aromatic rings. The molecule has 0 radical (unpaired) electrons. The predicted octanol–water partition coefficient (Wildman–Crippen LogP) is 4.63. The van der Waals surface area contributed by atoms with Crippen LogP contribution in [0.4, 0.5) is 0 Å². The maximum Gasteiger partial charge on any atom is 0.133 e. The largest absolute Gasteiger partial charge is 0.507 e. The van der Waals surface area contributed by atoms with Gasteiger partial charge in [0.1, 0.15) is 5.75 Å². The van der Waals surface area contributed by atoms with Crippen LogP contribution in [0, 0.1) is 0 Å². The molecule has 1 N–H and O–H groups in total. The molecule has 5 nitrogen and oxygen atoms in total. The molecule has 2 heterocycles. The number of hydrogen-bond donors (Lipinski definition) is 1. The van der Waals surface area contributed by atoms with Crippen LogP contribution in [-0.2, 0) is 12.8 Å². The Balaban J connectivity index is 1.69. The van der Waals surface area contributed by atoms with Crippen molar-refractivity contribution in [2.24, 2.45) is 9.98 Å². The first kappa shape index (κ1) is 21.4.